The Labute approximate surface area is 124 Å². The van der Waals surface area contributed by atoms with E-state index in [1.807, 2.05) is 0 Å². The molecule has 7 nitrogen and oxygen atoms in total. The molecule has 1 aromatic carbocycles. The number of nitro groups is 1. The summed E-state index contributed by atoms with van der Waals surface area (Å²) in [5, 5.41) is 20.1. The van der Waals surface area contributed by atoms with Crippen molar-refractivity contribution in [2.45, 2.75) is 6.54 Å². The number of aliphatic carboxylic acids is 1. The molecule has 2 rings (SSSR count). The van der Waals surface area contributed by atoms with Crippen LogP contribution in [0.4, 0.5) is 11.6 Å². The quantitative estimate of drug-likeness (QED) is 0.651. The van der Waals surface area contributed by atoms with Crippen molar-refractivity contribution in [1.29, 1.82) is 0 Å². The third kappa shape index (κ3) is 3.96. The van der Waals surface area contributed by atoms with E-state index in [1.165, 1.54) is 17.0 Å². The molecule has 0 fully saturated rings. The van der Waals surface area contributed by atoms with E-state index in [4.69, 9.17) is 21.1 Å². The van der Waals surface area contributed by atoms with Crippen LogP contribution in [-0.4, -0.2) is 22.5 Å². The summed E-state index contributed by atoms with van der Waals surface area (Å²) < 4.78 is 5.04. The first kappa shape index (κ1) is 14.9. The average Bonchev–Trinajstić information content (AvgIpc) is 2.87. The molecule has 1 heterocycles. The van der Waals surface area contributed by atoms with Gasteiger partial charge in [-0.25, -0.2) is 0 Å². The lowest BCUT2D eigenvalue weighted by atomic mass is 10.2. The van der Waals surface area contributed by atoms with Gasteiger partial charge in [-0.15, -0.1) is 0 Å². The van der Waals surface area contributed by atoms with Gasteiger partial charge in [0, 0.05) is 10.7 Å². The molecule has 0 bridgehead atoms. The summed E-state index contributed by atoms with van der Waals surface area (Å²) in [5.41, 5.74) is 0.626. The summed E-state index contributed by atoms with van der Waals surface area (Å²) in [6.45, 7) is -0.169. The number of furan rings is 1. The molecule has 1 aromatic heterocycles. The van der Waals surface area contributed by atoms with Gasteiger partial charge in [-0.3, -0.25) is 14.9 Å². The molecule has 1 N–H and O–H groups in total. The summed E-state index contributed by atoms with van der Waals surface area (Å²) in [7, 11) is 0. The van der Waals surface area contributed by atoms with E-state index in [1.54, 1.807) is 24.3 Å². The normalized spacial score (nSPS) is 10.3. The van der Waals surface area contributed by atoms with Crippen LogP contribution in [0.1, 0.15) is 5.76 Å². The highest BCUT2D eigenvalue weighted by Crippen LogP contribution is 2.22. The molecular formula is C13H11ClN2O5. The third-order valence-electron chi connectivity index (χ3n) is 2.69. The largest absolute Gasteiger partial charge is 0.480 e. The molecule has 0 unspecified atom stereocenters. The maximum atomic E-state index is 10.9. The first-order valence-corrected chi connectivity index (χ1v) is 6.29. The molecular weight excluding hydrogens is 300 g/mol. The third-order valence-corrected chi connectivity index (χ3v) is 2.94. The molecule has 110 valence electrons. The first-order chi connectivity index (χ1) is 9.95. The monoisotopic (exact) mass is 310 g/mol. The lowest BCUT2D eigenvalue weighted by molar-refractivity contribution is -0.402. The number of carboxylic acid groups (broad SMARTS) is 1. The Balaban J connectivity index is 2.21. The Hall–Kier alpha value is -2.54. The number of carboxylic acids is 1. The van der Waals surface area contributed by atoms with Crippen LogP contribution in [0.5, 0.6) is 0 Å². The molecule has 21 heavy (non-hydrogen) atoms. The summed E-state index contributed by atoms with van der Waals surface area (Å²) in [6, 6.07) is 9.29. The molecule has 0 aliphatic rings. The zero-order valence-electron chi connectivity index (χ0n) is 10.7. The Morgan fingerprint density at radius 1 is 1.29 bits per heavy atom. The predicted molar refractivity (Wildman–Crippen MR) is 75.5 cm³/mol. The van der Waals surface area contributed by atoms with Crippen LogP contribution in [0.25, 0.3) is 0 Å². The van der Waals surface area contributed by atoms with Crippen molar-refractivity contribution < 1.29 is 19.2 Å². The summed E-state index contributed by atoms with van der Waals surface area (Å²) >= 11 is 5.79. The number of anilines is 1. The molecule has 2 aromatic rings. The highest BCUT2D eigenvalue weighted by atomic mass is 35.5. The van der Waals surface area contributed by atoms with Gasteiger partial charge in [-0.2, -0.15) is 0 Å². The number of nitrogens with zero attached hydrogens (tertiary/aromatic N) is 2. The molecule has 0 spiro atoms. The summed E-state index contributed by atoms with van der Waals surface area (Å²) in [5.74, 6) is -1.10. The molecule has 8 heteroatoms. The van der Waals surface area contributed by atoms with E-state index in [2.05, 4.69) is 0 Å². The molecule has 0 radical (unpaired) electrons. The second-order valence-corrected chi connectivity index (χ2v) is 4.66. The van der Waals surface area contributed by atoms with Crippen LogP contribution >= 0.6 is 11.6 Å². The lowest BCUT2D eigenvalue weighted by Gasteiger charge is -2.21. The lowest BCUT2D eigenvalue weighted by Crippen LogP contribution is -2.28. The maximum absolute atomic E-state index is 10.9. The smallest absolute Gasteiger partial charge is 0.433 e. The first-order valence-electron chi connectivity index (χ1n) is 5.91. The number of halogens is 1. The van der Waals surface area contributed by atoms with Crippen LogP contribution in [0.3, 0.4) is 0 Å². The average molecular weight is 311 g/mol. The van der Waals surface area contributed by atoms with Crippen molar-refractivity contribution in [3.8, 4) is 0 Å². The summed E-state index contributed by atoms with van der Waals surface area (Å²) in [6.07, 6.45) is 0. The second kappa shape index (κ2) is 6.27. The van der Waals surface area contributed by atoms with E-state index in [0.717, 1.165) is 0 Å². The van der Waals surface area contributed by atoms with E-state index < -0.39 is 10.9 Å². The fourth-order valence-electron chi connectivity index (χ4n) is 1.79. The van der Waals surface area contributed by atoms with Crippen molar-refractivity contribution in [3.63, 3.8) is 0 Å². The number of hydrogen-bond acceptors (Lipinski definition) is 5. The standard InChI is InChI=1S/C13H11ClN2O5/c14-9-1-3-10(4-2-9)15(8-13(17)18)7-11-5-6-12(21-11)16(19)20/h1-6H,7-8H2,(H,17,18). The van der Waals surface area contributed by atoms with Crippen LogP contribution in [0, 0.1) is 10.1 Å². The molecule has 0 saturated heterocycles. The number of benzene rings is 1. The minimum atomic E-state index is -1.02. The Morgan fingerprint density at radius 3 is 2.48 bits per heavy atom. The van der Waals surface area contributed by atoms with Gasteiger partial charge in [-0.1, -0.05) is 11.6 Å². The molecule has 0 aliphatic heterocycles. The van der Waals surface area contributed by atoms with Crippen molar-refractivity contribution in [1.82, 2.24) is 0 Å². The highest BCUT2D eigenvalue weighted by Gasteiger charge is 2.17. The van der Waals surface area contributed by atoms with E-state index >= 15 is 0 Å². The number of rotatable bonds is 6. The van der Waals surface area contributed by atoms with Crippen LogP contribution in [0.15, 0.2) is 40.8 Å². The highest BCUT2D eigenvalue weighted by molar-refractivity contribution is 6.30. The topological polar surface area (TPSA) is 96.8 Å². The molecule has 0 amide bonds. The molecule has 0 saturated carbocycles. The predicted octanol–water partition coefficient (Wildman–Crippen LogP) is 2.93. The van der Waals surface area contributed by atoms with Gasteiger partial charge in [0.1, 0.15) is 17.2 Å². The second-order valence-electron chi connectivity index (χ2n) is 4.22. The van der Waals surface area contributed by atoms with Gasteiger partial charge < -0.3 is 14.4 Å². The maximum Gasteiger partial charge on any atom is 0.433 e. The zero-order chi connectivity index (χ0) is 15.4. The van der Waals surface area contributed by atoms with Crippen LogP contribution in [0.2, 0.25) is 5.02 Å². The Kier molecular flexibility index (Phi) is 4.44. The van der Waals surface area contributed by atoms with E-state index in [0.29, 0.717) is 16.5 Å². The van der Waals surface area contributed by atoms with Crippen molar-refractivity contribution in [2.75, 3.05) is 11.4 Å². The molecule has 0 aliphatic carbocycles. The van der Waals surface area contributed by atoms with Crippen molar-refractivity contribution in [2.24, 2.45) is 0 Å². The van der Waals surface area contributed by atoms with Crippen LogP contribution in [-0.2, 0) is 11.3 Å². The Bertz CT molecular complexity index is 653. The van der Waals surface area contributed by atoms with Gasteiger partial charge >= 0.3 is 11.9 Å². The fraction of sp³-hybridized carbons (Fsp3) is 0.154. The van der Waals surface area contributed by atoms with E-state index in [9.17, 15) is 14.9 Å². The number of carbonyl (C=O) groups is 1. The summed E-state index contributed by atoms with van der Waals surface area (Å²) in [4.78, 5) is 22.4. The van der Waals surface area contributed by atoms with Crippen molar-refractivity contribution >= 4 is 29.1 Å². The minimum absolute atomic E-state index is 0.0990. The van der Waals surface area contributed by atoms with Crippen LogP contribution < -0.4 is 4.90 Å². The van der Waals surface area contributed by atoms with E-state index in [-0.39, 0.29) is 19.0 Å². The zero-order valence-corrected chi connectivity index (χ0v) is 11.5. The van der Waals surface area contributed by atoms with Gasteiger partial charge in [0.05, 0.1) is 12.6 Å². The minimum Gasteiger partial charge on any atom is -0.480 e. The van der Waals surface area contributed by atoms with Gasteiger partial charge in [0.2, 0.25) is 0 Å². The van der Waals surface area contributed by atoms with Gasteiger partial charge in [0.25, 0.3) is 0 Å². The molecule has 0 atom stereocenters. The van der Waals surface area contributed by atoms with Crippen molar-refractivity contribution in [3.05, 3.63) is 57.3 Å². The number of hydrogen-bond donors (Lipinski definition) is 1. The SMILES string of the molecule is O=C(O)CN(Cc1ccc([N+](=O)[O-])o1)c1ccc(Cl)cc1. The van der Waals surface area contributed by atoms with Gasteiger partial charge in [-0.05, 0) is 30.3 Å². The fourth-order valence-corrected chi connectivity index (χ4v) is 1.92. The van der Waals surface area contributed by atoms with Gasteiger partial charge in [0.15, 0.2) is 0 Å². The Morgan fingerprint density at radius 2 is 1.95 bits per heavy atom.